The number of aliphatic hydroxyl groups is 1. The van der Waals surface area contributed by atoms with Crippen molar-refractivity contribution in [2.45, 2.75) is 44.2 Å². The summed E-state index contributed by atoms with van der Waals surface area (Å²) in [5.41, 5.74) is 9.57. The molecule has 6 rings (SSSR count). The molecule has 3 aromatic carbocycles. The highest BCUT2D eigenvalue weighted by atomic mass is 16.6. The number of piperazine rings is 1. The topological polar surface area (TPSA) is 153 Å². The molecule has 1 amide bonds. The second-order valence-corrected chi connectivity index (χ2v) is 12.4. The second kappa shape index (κ2) is 15.2. The van der Waals surface area contributed by atoms with Crippen molar-refractivity contribution in [2.75, 3.05) is 55.8 Å². The van der Waals surface area contributed by atoms with Gasteiger partial charge >= 0.3 is 12.1 Å². The first-order valence-electron chi connectivity index (χ1n) is 16.5. The Morgan fingerprint density at radius 3 is 2.65 bits per heavy atom. The minimum absolute atomic E-state index is 0.0864. The van der Waals surface area contributed by atoms with Crippen LogP contribution < -0.4 is 20.7 Å². The maximum absolute atomic E-state index is 13.2. The van der Waals surface area contributed by atoms with Gasteiger partial charge in [-0.15, -0.1) is 0 Å². The molecular formula is C37H42N8O4. The molecule has 0 radical (unpaired) electrons. The van der Waals surface area contributed by atoms with Gasteiger partial charge in [-0.1, -0.05) is 73.3 Å². The SMILES string of the molecule is C=Cc1cccc2cccc(NC(O)c3nc(OC[C@@H]4CCCN4C)nc(N4CCN(C(=O)OCc5ccccc5)[C@@H](CC#N)C4)c3N)c12. The number of nitrogens with two attached hydrogens (primary N) is 1. The third kappa shape index (κ3) is 7.53. The van der Waals surface area contributed by atoms with Crippen molar-refractivity contribution in [3.05, 3.63) is 90.1 Å². The zero-order valence-electron chi connectivity index (χ0n) is 27.7. The van der Waals surface area contributed by atoms with Gasteiger partial charge in [-0.2, -0.15) is 15.2 Å². The van der Waals surface area contributed by atoms with Crippen LogP contribution in [-0.4, -0.2) is 82.9 Å². The third-order valence-electron chi connectivity index (χ3n) is 9.27. The van der Waals surface area contributed by atoms with E-state index in [2.05, 4.69) is 34.9 Å². The first-order valence-corrected chi connectivity index (χ1v) is 16.5. The Balaban J connectivity index is 1.28. The molecule has 254 valence electrons. The van der Waals surface area contributed by atoms with Crippen LogP contribution >= 0.6 is 0 Å². The van der Waals surface area contributed by atoms with E-state index in [1.165, 1.54) is 0 Å². The van der Waals surface area contributed by atoms with E-state index in [-0.39, 0.29) is 49.6 Å². The van der Waals surface area contributed by atoms with Gasteiger partial charge in [0, 0.05) is 36.7 Å². The van der Waals surface area contributed by atoms with Crippen LogP contribution in [0.15, 0.2) is 73.3 Å². The smallest absolute Gasteiger partial charge is 0.410 e. The standard InChI is InChI=1S/C37H42N8O4/c1-3-26-12-7-13-27-14-8-16-30(31(26)27)40-35(46)33-32(39)34(42-36(41-33)48-24-29-15-9-19-43(29)2)44-20-21-45(28(22-44)17-18-38)37(47)49-23-25-10-5-4-6-11-25/h3-8,10-14,16,28-29,35,40,46H,1,9,15,17,19-24,39H2,2H3/t28-,29-,35?/m0/s1. The average Bonchev–Trinajstić information content (AvgIpc) is 3.54. The molecule has 49 heavy (non-hydrogen) atoms. The van der Waals surface area contributed by atoms with Gasteiger partial charge in [0.1, 0.15) is 24.6 Å². The number of amides is 1. The second-order valence-electron chi connectivity index (χ2n) is 12.4. The van der Waals surface area contributed by atoms with Crippen LogP contribution in [0.4, 0.5) is 22.0 Å². The molecule has 1 unspecified atom stereocenters. The van der Waals surface area contributed by atoms with Gasteiger partial charge < -0.3 is 40.3 Å². The number of nitrogens with one attached hydrogen (secondary N) is 1. The number of nitrogens with zero attached hydrogens (tertiary/aromatic N) is 6. The Labute approximate surface area is 286 Å². The predicted molar refractivity (Wildman–Crippen MR) is 190 cm³/mol. The first-order chi connectivity index (χ1) is 23.9. The minimum atomic E-state index is -1.31. The van der Waals surface area contributed by atoms with Crippen molar-refractivity contribution in [2.24, 2.45) is 0 Å². The van der Waals surface area contributed by atoms with E-state index in [0.717, 1.165) is 41.3 Å². The maximum atomic E-state index is 13.2. The molecule has 3 heterocycles. The minimum Gasteiger partial charge on any atom is -0.462 e. The van der Waals surface area contributed by atoms with Crippen LogP contribution in [0.25, 0.3) is 16.8 Å². The lowest BCUT2D eigenvalue weighted by Crippen LogP contribution is -2.55. The van der Waals surface area contributed by atoms with Gasteiger partial charge in [0.25, 0.3) is 0 Å². The van der Waals surface area contributed by atoms with E-state index in [9.17, 15) is 15.2 Å². The lowest BCUT2D eigenvalue weighted by molar-refractivity contribution is 0.0768. The average molecular weight is 663 g/mol. The fraction of sp³-hybridized carbons (Fsp3) is 0.351. The number of likely N-dealkylation sites (tertiary alicyclic amines) is 1. The number of ether oxygens (including phenoxy) is 2. The maximum Gasteiger partial charge on any atom is 0.410 e. The highest BCUT2D eigenvalue weighted by molar-refractivity contribution is 6.00. The summed E-state index contributed by atoms with van der Waals surface area (Å²) in [4.78, 5) is 28.3. The molecule has 0 spiro atoms. The number of hydrogen-bond donors (Lipinski definition) is 3. The molecule has 1 aromatic heterocycles. The van der Waals surface area contributed by atoms with E-state index in [4.69, 9.17) is 20.2 Å². The zero-order chi connectivity index (χ0) is 34.3. The van der Waals surface area contributed by atoms with Crippen LogP contribution in [0.2, 0.25) is 0 Å². The van der Waals surface area contributed by atoms with Crippen molar-refractivity contribution >= 4 is 40.1 Å². The van der Waals surface area contributed by atoms with Gasteiger partial charge in [-0.05, 0) is 49.0 Å². The fourth-order valence-corrected chi connectivity index (χ4v) is 6.57. The number of likely N-dealkylation sites (N-methyl/N-ethyl adjacent to an activating group) is 1. The van der Waals surface area contributed by atoms with Crippen LogP contribution in [0.3, 0.4) is 0 Å². The molecule has 0 aliphatic carbocycles. The molecule has 3 atom stereocenters. The zero-order valence-corrected chi connectivity index (χ0v) is 27.7. The molecule has 2 fully saturated rings. The number of nitriles is 1. The number of aromatic nitrogens is 2. The van der Waals surface area contributed by atoms with Crippen LogP contribution in [0, 0.1) is 11.3 Å². The van der Waals surface area contributed by atoms with Crippen LogP contribution in [0.5, 0.6) is 6.01 Å². The molecule has 0 bridgehead atoms. The highest BCUT2D eigenvalue weighted by Crippen LogP contribution is 2.35. The van der Waals surface area contributed by atoms with Gasteiger partial charge in [0.2, 0.25) is 0 Å². The summed E-state index contributed by atoms with van der Waals surface area (Å²) < 4.78 is 11.8. The van der Waals surface area contributed by atoms with Gasteiger partial charge in [-0.3, -0.25) is 0 Å². The van der Waals surface area contributed by atoms with E-state index >= 15 is 0 Å². The van der Waals surface area contributed by atoms with E-state index in [0.29, 0.717) is 24.7 Å². The van der Waals surface area contributed by atoms with Crippen molar-refractivity contribution in [1.29, 1.82) is 5.26 Å². The number of carbonyl (C=O) groups is 1. The number of anilines is 3. The molecular weight excluding hydrogens is 620 g/mol. The van der Waals surface area contributed by atoms with Crippen molar-refractivity contribution < 1.29 is 19.4 Å². The van der Waals surface area contributed by atoms with Gasteiger partial charge in [0.15, 0.2) is 12.0 Å². The van der Waals surface area contributed by atoms with E-state index in [1.54, 1.807) is 11.0 Å². The van der Waals surface area contributed by atoms with E-state index in [1.807, 2.05) is 71.6 Å². The Bertz CT molecular complexity index is 1830. The third-order valence-corrected chi connectivity index (χ3v) is 9.27. The lowest BCUT2D eigenvalue weighted by atomic mass is 10.0. The highest BCUT2D eigenvalue weighted by Gasteiger charge is 2.34. The summed E-state index contributed by atoms with van der Waals surface area (Å²) in [6, 6.07) is 23.2. The Kier molecular flexibility index (Phi) is 10.4. The predicted octanol–water partition coefficient (Wildman–Crippen LogP) is 5.17. The quantitative estimate of drug-likeness (QED) is 0.182. The summed E-state index contributed by atoms with van der Waals surface area (Å²) in [5, 5.41) is 26.4. The summed E-state index contributed by atoms with van der Waals surface area (Å²) in [6.07, 6.45) is 2.15. The number of fused-ring (bicyclic) bond motifs is 1. The van der Waals surface area contributed by atoms with Gasteiger partial charge in [-0.25, -0.2) is 4.79 Å². The van der Waals surface area contributed by atoms with Crippen LogP contribution in [0.1, 0.15) is 42.3 Å². The summed E-state index contributed by atoms with van der Waals surface area (Å²) in [6.45, 7) is 6.38. The summed E-state index contributed by atoms with van der Waals surface area (Å²) in [7, 11) is 2.07. The normalized spacial score (nSPS) is 18.6. The molecule has 2 aliphatic rings. The van der Waals surface area contributed by atoms with E-state index < -0.39 is 18.4 Å². The number of hydrogen-bond acceptors (Lipinski definition) is 11. The molecule has 2 saturated heterocycles. The Morgan fingerprint density at radius 2 is 1.92 bits per heavy atom. The summed E-state index contributed by atoms with van der Waals surface area (Å²) in [5.74, 6) is 0.366. The Hall–Kier alpha value is -5.38. The largest absolute Gasteiger partial charge is 0.462 e. The molecule has 4 aromatic rings. The fourth-order valence-electron chi connectivity index (χ4n) is 6.57. The monoisotopic (exact) mass is 662 g/mol. The Morgan fingerprint density at radius 1 is 1.12 bits per heavy atom. The number of benzene rings is 3. The first kappa shape index (κ1) is 33.5. The lowest BCUT2D eigenvalue weighted by Gasteiger charge is -2.40. The number of carbonyl (C=O) groups excluding carboxylic acids is 1. The number of nitrogen functional groups attached to an aromatic ring is 1. The van der Waals surface area contributed by atoms with Crippen LogP contribution in [-0.2, 0) is 11.3 Å². The number of rotatable bonds is 11. The number of aliphatic hydroxyl groups excluding tert-OH is 1. The van der Waals surface area contributed by atoms with Gasteiger partial charge in [0.05, 0.1) is 18.5 Å². The molecule has 2 aliphatic heterocycles. The van der Waals surface area contributed by atoms with Crippen molar-refractivity contribution in [1.82, 2.24) is 19.8 Å². The molecule has 4 N–H and O–H groups in total. The molecule has 12 heteroatoms. The summed E-state index contributed by atoms with van der Waals surface area (Å²) >= 11 is 0. The van der Waals surface area contributed by atoms with Crippen molar-refractivity contribution in [3.8, 4) is 12.1 Å². The van der Waals surface area contributed by atoms with Crippen molar-refractivity contribution in [3.63, 3.8) is 0 Å². The molecule has 0 saturated carbocycles. The molecule has 12 nitrogen and oxygen atoms in total.